The molecular weight excluding hydrogens is 366 g/mol. The van der Waals surface area contributed by atoms with Gasteiger partial charge in [-0.1, -0.05) is 24.3 Å². The summed E-state index contributed by atoms with van der Waals surface area (Å²) < 4.78 is 5.78. The third-order valence-corrected chi connectivity index (χ3v) is 5.08. The highest BCUT2D eigenvalue weighted by molar-refractivity contribution is 5.94. The van der Waals surface area contributed by atoms with Gasteiger partial charge < -0.3 is 15.4 Å². The van der Waals surface area contributed by atoms with Crippen LogP contribution < -0.4 is 5.73 Å². The number of amides is 2. The van der Waals surface area contributed by atoms with E-state index in [1.165, 1.54) is 5.56 Å². The summed E-state index contributed by atoms with van der Waals surface area (Å²) in [4.78, 5) is 28.1. The van der Waals surface area contributed by atoms with Crippen LogP contribution in [0.5, 0.6) is 0 Å². The molecule has 0 radical (unpaired) electrons. The Kier molecular flexibility index (Phi) is 6.67. The van der Waals surface area contributed by atoms with E-state index in [1.807, 2.05) is 30.3 Å². The zero-order valence-electron chi connectivity index (χ0n) is 17.3. The number of hydrogen-bond donors (Lipinski definition) is 1. The van der Waals surface area contributed by atoms with E-state index < -0.39 is 5.91 Å². The molecule has 29 heavy (non-hydrogen) atoms. The highest BCUT2D eigenvalue weighted by Crippen LogP contribution is 2.16. The van der Waals surface area contributed by atoms with Crippen molar-refractivity contribution in [2.75, 3.05) is 20.1 Å². The lowest BCUT2D eigenvalue weighted by molar-refractivity contribution is -0.0704. The maximum absolute atomic E-state index is 12.8. The molecule has 1 aliphatic heterocycles. The van der Waals surface area contributed by atoms with E-state index in [-0.39, 0.29) is 18.1 Å². The van der Waals surface area contributed by atoms with E-state index in [0.717, 1.165) is 25.2 Å². The van der Waals surface area contributed by atoms with E-state index in [4.69, 9.17) is 10.5 Å². The number of ether oxygens (including phenoxy) is 1. The zero-order valence-corrected chi connectivity index (χ0v) is 17.3. The Labute approximate surface area is 172 Å². The standard InChI is InChI=1S/C23H29N3O3/c1-16-12-26(13-17(2)29-16)15-18-7-9-20(10-8-18)23(28)25(3)14-19-5-4-6-21(11-19)22(24)27/h4-11,16-17H,12-15H2,1-3H3,(H2,24,27). The normalized spacial score (nSPS) is 19.7. The van der Waals surface area contributed by atoms with Crippen molar-refractivity contribution >= 4 is 11.8 Å². The molecule has 154 valence electrons. The molecule has 0 aliphatic carbocycles. The SMILES string of the molecule is CC1CN(Cc2ccc(C(=O)N(C)Cc3cccc(C(N)=O)c3)cc2)CC(C)O1. The molecule has 0 spiro atoms. The van der Waals surface area contributed by atoms with Gasteiger partial charge in [0.05, 0.1) is 12.2 Å². The van der Waals surface area contributed by atoms with Gasteiger partial charge >= 0.3 is 0 Å². The quantitative estimate of drug-likeness (QED) is 0.816. The van der Waals surface area contributed by atoms with Gasteiger partial charge in [0, 0.05) is 44.4 Å². The number of nitrogens with two attached hydrogens (primary N) is 1. The highest BCUT2D eigenvalue weighted by atomic mass is 16.5. The third kappa shape index (κ3) is 5.65. The van der Waals surface area contributed by atoms with Gasteiger partial charge in [-0.2, -0.15) is 0 Å². The summed E-state index contributed by atoms with van der Waals surface area (Å²) in [5, 5.41) is 0. The van der Waals surface area contributed by atoms with Gasteiger partial charge in [0.15, 0.2) is 0 Å². The van der Waals surface area contributed by atoms with Crippen molar-refractivity contribution in [1.82, 2.24) is 9.80 Å². The molecule has 2 atom stereocenters. The van der Waals surface area contributed by atoms with Crippen LogP contribution in [0.3, 0.4) is 0 Å². The average Bonchev–Trinajstić information content (AvgIpc) is 2.67. The fourth-order valence-corrected chi connectivity index (χ4v) is 3.81. The van der Waals surface area contributed by atoms with Gasteiger partial charge in [-0.15, -0.1) is 0 Å². The number of carbonyl (C=O) groups excluding carboxylic acids is 2. The average molecular weight is 396 g/mol. The van der Waals surface area contributed by atoms with Gasteiger partial charge in [0.1, 0.15) is 0 Å². The number of rotatable bonds is 6. The van der Waals surface area contributed by atoms with Crippen LogP contribution >= 0.6 is 0 Å². The summed E-state index contributed by atoms with van der Waals surface area (Å²) in [7, 11) is 1.75. The molecule has 1 aliphatic rings. The second kappa shape index (κ2) is 9.20. The smallest absolute Gasteiger partial charge is 0.253 e. The van der Waals surface area contributed by atoms with Crippen LogP contribution in [0.15, 0.2) is 48.5 Å². The van der Waals surface area contributed by atoms with Gasteiger partial charge in [-0.25, -0.2) is 0 Å². The summed E-state index contributed by atoms with van der Waals surface area (Å²) in [6.45, 7) is 7.28. The lowest BCUT2D eigenvalue weighted by Gasteiger charge is -2.35. The first-order valence-electron chi connectivity index (χ1n) is 9.93. The first-order chi connectivity index (χ1) is 13.8. The van der Waals surface area contributed by atoms with Crippen molar-refractivity contribution in [3.05, 3.63) is 70.8 Å². The second-order valence-electron chi connectivity index (χ2n) is 7.87. The number of morpholine rings is 1. The van der Waals surface area contributed by atoms with Crippen LogP contribution in [0.25, 0.3) is 0 Å². The number of primary amides is 1. The van der Waals surface area contributed by atoms with Gasteiger partial charge in [0.2, 0.25) is 5.91 Å². The van der Waals surface area contributed by atoms with Crippen LogP contribution in [0.2, 0.25) is 0 Å². The predicted molar refractivity (Wildman–Crippen MR) is 112 cm³/mol. The third-order valence-electron chi connectivity index (χ3n) is 5.08. The molecule has 1 heterocycles. The van der Waals surface area contributed by atoms with Crippen LogP contribution in [0.1, 0.15) is 45.7 Å². The number of benzene rings is 2. The molecule has 2 amide bonds. The Morgan fingerprint density at radius 2 is 1.69 bits per heavy atom. The lowest BCUT2D eigenvalue weighted by Crippen LogP contribution is -2.44. The van der Waals surface area contributed by atoms with E-state index in [0.29, 0.717) is 17.7 Å². The van der Waals surface area contributed by atoms with Gasteiger partial charge in [-0.05, 0) is 49.2 Å². The molecule has 3 rings (SSSR count). The maximum atomic E-state index is 12.8. The Morgan fingerprint density at radius 3 is 2.31 bits per heavy atom. The van der Waals surface area contributed by atoms with E-state index in [1.54, 1.807) is 30.1 Å². The minimum atomic E-state index is -0.472. The molecule has 6 heteroatoms. The molecule has 0 saturated carbocycles. The fraction of sp³-hybridized carbons (Fsp3) is 0.391. The number of nitrogens with zero attached hydrogens (tertiary/aromatic N) is 2. The Bertz CT molecular complexity index is 856. The minimum Gasteiger partial charge on any atom is -0.373 e. The zero-order chi connectivity index (χ0) is 21.0. The molecule has 0 aromatic heterocycles. The van der Waals surface area contributed by atoms with Crippen LogP contribution in [-0.2, 0) is 17.8 Å². The first-order valence-corrected chi connectivity index (χ1v) is 9.93. The minimum absolute atomic E-state index is 0.0605. The molecule has 2 aromatic carbocycles. The molecule has 1 saturated heterocycles. The van der Waals surface area contributed by atoms with Crippen molar-refractivity contribution in [3.63, 3.8) is 0 Å². The summed E-state index contributed by atoms with van der Waals surface area (Å²) in [5.41, 5.74) is 8.46. The number of carbonyl (C=O) groups is 2. The van der Waals surface area contributed by atoms with Crippen molar-refractivity contribution in [2.24, 2.45) is 5.73 Å². The summed E-state index contributed by atoms with van der Waals surface area (Å²) >= 11 is 0. The maximum Gasteiger partial charge on any atom is 0.253 e. The largest absolute Gasteiger partial charge is 0.373 e. The Hall–Kier alpha value is -2.70. The topological polar surface area (TPSA) is 75.9 Å². The molecule has 2 aromatic rings. The van der Waals surface area contributed by atoms with Crippen LogP contribution in [0.4, 0.5) is 0 Å². The second-order valence-corrected chi connectivity index (χ2v) is 7.87. The molecule has 1 fully saturated rings. The van der Waals surface area contributed by atoms with E-state index in [9.17, 15) is 9.59 Å². The molecule has 2 unspecified atom stereocenters. The van der Waals surface area contributed by atoms with Crippen LogP contribution in [0, 0.1) is 0 Å². The monoisotopic (exact) mass is 395 g/mol. The fourth-order valence-electron chi connectivity index (χ4n) is 3.81. The number of hydrogen-bond acceptors (Lipinski definition) is 4. The van der Waals surface area contributed by atoms with E-state index >= 15 is 0 Å². The van der Waals surface area contributed by atoms with Crippen molar-refractivity contribution < 1.29 is 14.3 Å². The summed E-state index contributed by atoms with van der Waals surface area (Å²) in [5.74, 6) is -0.532. The summed E-state index contributed by atoms with van der Waals surface area (Å²) in [6, 6.07) is 14.8. The summed E-state index contributed by atoms with van der Waals surface area (Å²) in [6.07, 6.45) is 0.475. The van der Waals surface area contributed by atoms with Crippen molar-refractivity contribution in [3.8, 4) is 0 Å². The first kappa shape index (κ1) is 21.0. The molecular formula is C23H29N3O3. The van der Waals surface area contributed by atoms with Gasteiger partial charge in [0.25, 0.3) is 5.91 Å². The van der Waals surface area contributed by atoms with Crippen LogP contribution in [-0.4, -0.2) is 54.0 Å². The predicted octanol–water partition coefficient (Wildman–Crippen LogP) is 2.67. The van der Waals surface area contributed by atoms with Gasteiger partial charge in [-0.3, -0.25) is 14.5 Å². The molecule has 0 bridgehead atoms. The highest BCUT2D eigenvalue weighted by Gasteiger charge is 2.22. The molecule has 2 N–H and O–H groups in total. The van der Waals surface area contributed by atoms with Crippen molar-refractivity contribution in [1.29, 1.82) is 0 Å². The van der Waals surface area contributed by atoms with E-state index in [2.05, 4.69) is 18.7 Å². The lowest BCUT2D eigenvalue weighted by atomic mass is 10.1. The Balaban J connectivity index is 1.61. The van der Waals surface area contributed by atoms with Crippen molar-refractivity contribution in [2.45, 2.75) is 39.1 Å². The Morgan fingerprint density at radius 1 is 1.03 bits per heavy atom. The molecule has 6 nitrogen and oxygen atoms in total.